The summed E-state index contributed by atoms with van der Waals surface area (Å²) in [5.41, 5.74) is 17.6. The third-order valence-electron chi connectivity index (χ3n) is 18.6. The fourth-order valence-electron chi connectivity index (χ4n) is 14.5. The number of para-hydroxylation sites is 5. The van der Waals surface area contributed by atoms with Crippen molar-refractivity contribution in [3.8, 4) is 84.6 Å². The molecule has 1 aliphatic rings. The number of pyridine rings is 1. The van der Waals surface area contributed by atoms with Crippen LogP contribution in [0.5, 0.6) is 11.5 Å². The lowest BCUT2D eigenvalue weighted by atomic mass is 9.87. The van der Waals surface area contributed by atoms with E-state index in [1.807, 2.05) is 66.9 Å². The summed E-state index contributed by atoms with van der Waals surface area (Å²) < 4.78 is 72.7. The summed E-state index contributed by atoms with van der Waals surface area (Å²) in [4.78, 5) is 4.96. The molecule has 1 aliphatic heterocycles. The van der Waals surface area contributed by atoms with Crippen molar-refractivity contribution in [2.45, 2.75) is 39.9 Å². The van der Waals surface area contributed by atoms with Crippen LogP contribution in [0.15, 0.2) is 273 Å². The number of ether oxygens (including phenoxy) is 1. The van der Waals surface area contributed by atoms with E-state index in [0.29, 0.717) is 22.7 Å². The van der Waals surface area contributed by atoms with E-state index in [4.69, 9.17) is 17.9 Å². The minimum atomic E-state index is -2.69. The summed E-state index contributed by atoms with van der Waals surface area (Å²) in [5, 5.41) is 6.47. The Morgan fingerprint density at radius 3 is 1.52 bits per heavy atom. The Hall–Kier alpha value is -11.5. The second-order valence-electron chi connectivity index (χ2n) is 24.9. The highest BCUT2D eigenvalue weighted by atomic mass is 16.5. The van der Waals surface area contributed by atoms with E-state index in [1.54, 1.807) is 18.2 Å². The summed E-state index contributed by atoms with van der Waals surface area (Å²) in [7, 11) is 0. The van der Waals surface area contributed by atoms with Crippen LogP contribution in [0.2, 0.25) is 0 Å². The molecule has 0 spiro atoms. The van der Waals surface area contributed by atoms with Gasteiger partial charge in [0.05, 0.1) is 61.2 Å². The number of aryl methyl sites for hydroxylation is 2. The molecule has 7 heteroatoms. The van der Waals surface area contributed by atoms with Gasteiger partial charge in [-0.25, -0.2) is 4.98 Å². The van der Waals surface area contributed by atoms with Gasteiger partial charge in [-0.15, -0.1) is 0 Å². The highest BCUT2D eigenvalue weighted by Crippen LogP contribution is 2.49. The van der Waals surface area contributed by atoms with Crippen LogP contribution in [-0.4, -0.2) is 23.3 Å². The Kier molecular flexibility index (Phi) is 10.2. The van der Waals surface area contributed by atoms with E-state index in [2.05, 4.69) is 238 Å². The number of benzene rings is 12. The largest absolute Gasteiger partial charge is 0.458 e. The molecule has 12 aromatic carbocycles. The van der Waals surface area contributed by atoms with Gasteiger partial charge in [0.15, 0.2) is 0 Å². The van der Waals surface area contributed by atoms with E-state index in [9.17, 15) is 0 Å². The lowest BCUT2D eigenvalue weighted by Crippen LogP contribution is -2.33. The fourth-order valence-corrected chi connectivity index (χ4v) is 14.5. The Bertz CT molecular complexity index is 6010. The van der Waals surface area contributed by atoms with Gasteiger partial charge in [-0.3, -0.25) is 13.7 Å². The topological polar surface area (TPSA) is 45.7 Å². The van der Waals surface area contributed by atoms with Gasteiger partial charge in [-0.1, -0.05) is 185 Å². The Morgan fingerprint density at radius 2 is 0.923 bits per heavy atom. The molecule has 7 nitrogen and oxygen atoms in total. The molecule has 0 atom stereocenters. The molecule has 0 radical (unpaired) electrons. The van der Waals surface area contributed by atoms with Crippen molar-refractivity contribution in [3.63, 3.8) is 0 Å². The first-order valence-corrected chi connectivity index (χ1v) is 30.8. The lowest BCUT2D eigenvalue weighted by molar-refractivity contribution is -0.571. The van der Waals surface area contributed by atoms with Crippen LogP contribution in [0, 0.1) is 20.0 Å². The zero-order valence-electron chi connectivity index (χ0n) is 56.1. The zero-order valence-corrected chi connectivity index (χ0v) is 50.1. The predicted octanol–water partition coefficient (Wildman–Crippen LogP) is 21.1. The molecular formula is C84H60N6O. The van der Waals surface area contributed by atoms with Gasteiger partial charge in [-0.05, 0) is 177 Å². The van der Waals surface area contributed by atoms with Crippen molar-refractivity contribution in [2.75, 3.05) is 0 Å². The molecule has 6 heterocycles. The van der Waals surface area contributed by atoms with Crippen molar-refractivity contribution in [2.24, 2.45) is 0 Å². The van der Waals surface area contributed by atoms with Gasteiger partial charge in [0.1, 0.15) is 17.3 Å². The Morgan fingerprint density at radius 1 is 0.407 bits per heavy atom. The summed E-state index contributed by atoms with van der Waals surface area (Å²) >= 11 is 0. The number of nitrogens with zero attached hydrogens (tertiary/aromatic N) is 6. The number of hydrogen-bond acceptors (Lipinski definition) is 2. The first-order chi connectivity index (χ1) is 47.0. The molecule has 5 aromatic heterocycles. The normalized spacial score (nSPS) is 13.5. The standard InChI is InChI=1S/C84H60N6O/c1-52-22-20-23-53(2)81(52)54-44-70-62-28-8-6-26-60(62)61-27-7-9-29-63(61)71-48-57(88-72-35-15-10-30-64(72)65-31-11-16-36-73(65)88)49-78-82(71)87(83(70)79(45-54)89-74-37-17-12-32-66(74)67-33-13-18-38-75(67)89)51-86(78)56-24-21-25-58(47-56)91-59-40-41-69-68-34-14-19-39-76(68)90(77(69)50-59)80-46-55(42-43-85-80)84(3,4)5/h6-50H,1-5H3/i1D3,2D3. The molecule has 0 N–H and O–H groups in total. The average Bonchev–Trinajstić information content (AvgIpc) is 1.58. The summed E-state index contributed by atoms with van der Waals surface area (Å²) in [6.07, 6.45) is 5.97. The van der Waals surface area contributed by atoms with E-state index in [0.717, 1.165) is 133 Å². The van der Waals surface area contributed by atoms with Crippen LogP contribution < -0.4 is 9.30 Å². The molecule has 432 valence electrons. The first kappa shape index (κ1) is 46.6. The number of rotatable bonds is 7. The quantitative estimate of drug-likeness (QED) is 0.118. The van der Waals surface area contributed by atoms with E-state index in [1.165, 1.54) is 5.56 Å². The molecule has 0 amide bonds. The van der Waals surface area contributed by atoms with E-state index in [-0.39, 0.29) is 22.1 Å². The van der Waals surface area contributed by atoms with Crippen LogP contribution >= 0.6 is 0 Å². The van der Waals surface area contributed by atoms with E-state index < -0.39 is 13.7 Å². The highest BCUT2D eigenvalue weighted by Gasteiger charge is 2.31. The number of imidazole rings is 1. The third-order valence-corrected chi connectivity index (χ3v) is 18.6. The second-order valence-corrected chi connectivity index (χ2v) is 24.9. The fraction of sp³-hybridized carbons (Fsp3) is 0.0714. The van der Waals surface area contributed by atoms with Crippen molar-refractivity contribution < 1.29 is 17.5 Å². The molecule has 17 aromatic rings. The highest BCUT2D eigenvalue weighted by molar-refractivity contribution is 6.13. The van der Waals surface area contributed by atoms with Crippen LogP contribution in [-0.2, 0) is 5.41 Å². The SMILES string of the molecule is [2H]C([2H])([2H])c1cccc(C([2H])([2H])[2H])c1-c1cc2c(c(-n3c4ccccc4c4ccccc43)c1)-[n+]1[c-]n(-c3cccc(Oc4ccc5c6ccccc6n(-c6cc(C(C)(C)C)ccn6)c5c4)c3)c3cc(-n4c5ccccc5c5ccccc54)cc(c31)-c1ccccc1-c1ccccc1-2. The van der Waals surface area contributed by atoms with Crippen molar-refractivity contribution in [1.29, 1.82) is 0 Å². The van der Waals surface area contributed by atoms with Crippen LogP contribution in [0.25, 0.3) is 150 Å². The summed E-state index contributed by atoms with van der Waals surface area (Å²) in [6.45, 7) is 1.27. The maximum atomic E-state index is 9.07. The van der Waals surface area contributed by atoms with Crippen molar-refractivity contribution in [3.05, 3.63) is 296 Å². The Labute approximate surface area is 535 Å². The molecule has 0 aliphatic carbocycles. The number of fused-ring (bicyclic) bond motifs is 16. The minimum absolute atomic E-state index is 0.0565. The maximum absolute atomic E-state index is 9.07. The third kappa shape index (κ3) is 8.07. The predicted molar refractivity (Wildman–Crippen MR) is 374 cm³/mol. The van der Waals surface area contributed by atoms with Gasteiger partial charge >= 0.3 is 0 Å². The monoisotopic (exact) mass is 1170 g/mol. The number of aromatic nitrogens is 6. The summed E-state index contributed by atoms with van der Waals surface area (Å²) in [5.74, 6) is 2.07. The molecule has 91 heavy (non-hydrogen) atoms. The minimum Gasteiger partial charge on any atom is -0.458 e. The Balaban J connectivity index is 0.960. The van der Waals surface area contributed by atoms with Gasteiger partial charge in [0.25, 0.3) is 6.33 Å². The van der Waals surface area contributed by atoms with Crippen molar-refractivity contribution in [1.82, 2.24) is 23.3 Å². The molecule has 0 saturated heterocycles. The van der Waals surface area contributed by atoms with Crippen LogP contribution in [0.4, 0.5) is 0 Å². The van der Waals surface area contributed by atoms with Crippen molar-refractivity contribution >= 4 is 76.5 Å². The van der Waals surface area contributed by atoms with Crippen LogP contribution in [0.3, 0.4) is 0 Å². The molecule has 0 fully saturated rings. The van der Waals surface area contributed by atoms with Crippen LogP contribution in [0.1, 0.15) is 45.7 Å². The molecule has 0 bridgehead atoms. The lowest BCUT2D eigenvalue weighted by Gasteiger charge is -2.23. The molecule has 18 rings (SSSR count). The average molecular weight is 1180 g/mol. The second kappa shape index (κ2) is 20.0. The molecule has 0 saturated carbocycles. The van der Waals surface area contributed by atoms with Gasteiger partial charge in [0, 0.05) is 58.5 Å². The van der Waals surface area contributed by atoms with Gasteiger partial charge < -0.3 is 13.9 Å². The first-order valence-electron chi connectivity index (χ1n) is 33.8. The van der Waals surface area contributed by atoms with Gasteiger partial charge in [0.2, 0.25) is 0 Å². The molecule has 0 unspecified atom stereocenters. The smallest absolute Gasteiger partial charge is 0.269 e. The van der Waals surface area contributed by atoms with Gasteiger partial charge in [-0.2, -0.15) is 0 Å². The number of hydrogen-bond donors (Lipinski definition) is 0. The summed E-state index contributed by atoms with van der Waals surface area (Å²) in [6, 6.07) is 91.1. The maximum Gasteiger partial charge on any atom is 0.269 e. The zero-order chi connectivity index (χ0) is 65.8. The molecular weight excluding hydrogens is 1110 g/mol. The van der Waals surface area contributed by atoms with E-state index >= 15 is 0 Å².